The van der Waals surface area contributed by atoms with Crippen LogP contribution < -0.4 is 5.32 Å². The molecule has 8 heteroatoms. The van der Waals surface area contributed by atoms with Crippen LogP contribution in [0.25, 0.3) is 0 Å². The van der Waals surface area contributed by atoms with Gasteiger partial charge < -0.3 is 5.32 Å². The van der Waals surface area contributed by atoms with Gasteiger partial charge in [0.15, 0.2) is 0 Å². The van der Waals surface area contributed by atoms with Gasteiger partial charge in [0.25, 0.3) is 0 Å². The van der Waals surface area contributed by atoms with Crippen LogP contribution >= 0.6 is 11.8 Å². The van der Waals surface area contributed by atoms with Gasteiger partial charge in [0, 0.05) is 5.69 Å². The highest BCUT2D eigenvalue weighted by Gasteiger charge is 2.22. The number of amides is 1. The molecule has 3 rings (SSSR count). The van der Waals surface area contributed by atoms with Crippen LogP contribution in [0.15, 0.2) is 23.4 Å². The summed E-state index contributed by atoms with van der Waals surface area (Å²) in [6, 6.07) is 5.91. The molecule has 0 radical (unpaired) electrons. The van der Waals surface area contributed by atoms with Gasteiger partial charge in [-0.15, -0.1) is 5.10 Å². The van der Waals surface area contributed by atoms with Gasteiger partial charge in [-0.2, -0.15) is 0 Å². The fourth-order valence-corrected chi connectivity index (χ4v) is 3.32. The Morgan fingerprint density at radius 2 is 2.23 bits per heavy atom. The van der Waals surface area contributed by atoms with Crippen molar-refractivity contribution in [2.45, 2.75) is 43.8 Å². The summed E-state index contributed by atoms with van der Waals surface area (Å²) in [5.41, 5.74) is 0.871. The van der Waals surface area contributed by atoms with Crippen molar-refractivity contribution < 1.29 is 4.79 Å². The number of carbonyl (C=O) groups excluding carboxylic acids is 1. The Morgan fingerprint density at radius 3 is 3.00 bits per heavy atom. The predicted molar refractivity (Wildman–Crippen MR) is 83.6 cm³/mol. The van der Waals surface area contributed by atoms with Gasteiger partial charge in [-0.1, -0.05) is 30.7 Å². The molecule has 2 aromatic rings. The third-order valence-corrected chi connectivity index (χ3v) is 4.55. The fourth-order valence-electron chi connectivity index (χ4n) is 2.58. The molecule has 1 N–H and O–H groups in total. The number of nitrogens with zero attached hydrogens (tertiary/aromatic N) is 5. The minimum absolute atomic E-state index is 0.107. The molecule has 0 unspecified atom stereocenters. The van der Waals surface area contributed by atoms with E-state index in [1.54, 1.807) is 6.07 Å². The summed E-state index contributed by atoms with van der Waals surface area (Å²) in [5, 5.41) is 15.3. The van der Waals surface area contributed by atoms with Crippen LogP contribution in [-0.2, 0) is 4.79 Å². The molecule has 116 valence electrons. The lowest BCUT2D eigenvalue weighted by Crippen LogP contribution is -2.16. The van der Waals surface area contributed by atoms with Crippen LogP contribution in [0.5, 0.6) is 0 Å². The summed E-state index contributed by atoms with van der Waals surface area (Å²) in [6.07, 6.45) is 4.65. The van der Waals surface area contributed by atoms with Crippen molar-refractivity contribution in [3.63, 3.8) is 0 Å². The van der Waals surface area contributed by atoms with E-state index in [0.29, 0.717) is 17.0 Å². The molecule has 0 bridgehead atoms. The van der Waals surface area contributed by atoms with Gasteiger partial charge in [0.1, 0.15) is 5.82 Å². The van der Waals surface area contributed by atoms with Gasteiger partial charge >= 0.3 is 0 Å². The topological polar surface area (TPSA) is 85.6 Å². The summed E-state index contributed by atoms with van der Waals surface area (Å²) < 4.78 is 1.86. The zero-order valence-electron chi connectivity index (χ0n) is 12.4. The number of carbonyl (C=O) groups is 1. The number of aryl methyl sites for hydroxylation is 1. The molecule has 0 spiro atoms. The standard InChI is InChI=1S/C14H18N6OS/c1-10-5-4-8-12(15-10)16-13(21)9-22-14-17-18-19-20(14)11-6-2-3-7-11/h4-5,8,11H,2-3,6-7,9H2,1H3,(H,15,16,21). The van der Waals surface area contributed by atoms with Crippen LogP contribution in [0.3, 0.4) is 0 Å². The molecule has 1 fully saturated rings. The minimum atomic E-state index is -0.107. The van der Waals surface area contributed by atoms with Crippen molar-refractivity contribution in [2.75, 3.05) is 11.1 Å². The SMILES string of the molecule is Cc1cccc(NC(=O)CSc2nnnn2C2CCCC2)n1. The quantitative estimate of drug-likeness (QED) is 0.851. The van der Waals surface area contributed by atoms with Crippen LogP contribution in [-0.4, -0.2) is 36.9 Å². The molecule has 1 saturated carbocycles. The second-order valence-electron chi connectivity index (χ2n) is 5.35. The highest BCUT2D eigenvalue weighted by Crippen LogP contribution is 2.31. The number of anilines is 1. The van der Waals surface area contributed by atoms with E-state index in [1.165, 1.54) is 24.6 Å². The van der Waals surface area contributed by atoms with E-state index in [9.17, 15) is 4.79 Å². The average Bonchev–Trinajstić information content (AvgIpc) is 3.16. The molecule has 2 heterocycles. The van der Waals surface area contributed by atoms with E-state index in [-0.39, 0.29) is 11.7 Å². The van der Waals surface area contributed by atoms with Crippen molar-refractivity contribution in [1.82, 2.24) is 25.2 Å². The monoisotopic (exact) mass is 318 g/mol. The largest absolute Gasteiger partial charge is 0.310 e. The number of hydrogen-bond acceptors (Lipinski definition) is 6. The lowest BCUT2D eigenvalue weighted by Gasteiger charge is -2.10. The molecule has 2 aromatic heterocycles. The summed E-state index contributed by atoms with van der Waals surface area (Å²) >= 11 is 1.36. The van der Waals surface area contributed by atoms with E-state index >= 15 is 0 Å². The minimum Gasteiger partial charge on any atom is -0.310 e. The van der Waals surface area contributed by atoms with E-state index in [4.69, 9.17) is 0 Å². The highest BCUT2D eigenvalue weighted by atomic mass is 32.2. The molecule has 1 aliphatic rings. The fraction of sp³-hybridized carbons (Fsp3) is 0.500. The number of pyridine rings is 1. The molecular formula is C14H18N6OS. The number of rotatable bonds is 5. The summed E-state index contributed by atoms with van der Waals surface area (Å²) in [5.74, 6) is 0.730. The van der Waals surface area contributed by atoms with Gasteiger partial charge in [0.2, 0.25) is 11.1 Å². The zero-order chi connectivity index (χ0) is 15.4. The zero-order valence-corrected chi connectivity index (χ0v) is 13.2. The van der Waals surface area contributed by atoms with Crippen molar-refractivity contribution in [2.24, 2.45) is 0 Å². The van der Waals surface area contributed by atoms with Crippen LogP contribution in [0.2, 0.25) is 0 Å². The third kappa shape index (κ3) is 3.62. The van der Waals surface area contributed by atoms with Crippen LogP contribution in [0.1, 0.15) is 37.4 Å². The Balaban J connectivity index is 1.56. The summed E-state index contributed by atoms with van der Waals surface area (Å²) in [6.45, 7) is 1.89. The molecule has 0 aliphatic heterocycles. The van der Waals surface area contributed by atoms with Crippen molar-refractivity contribution in [1.29, 1.82) is 0 Å². The number of hydrogen-bond donors (Lipinski definition) is 1. The van der Waals surface area contributed by atoms with Crippen molar-refractivity contribution in [3.8, 4) is 0 Å². The first kappa shape index (κ1) is 15.0. The molecular weight excluding hydrogens is 300 g/mol. The molecule has 22 heavy (non-hydrogen) atoms. The Hall–Kier alpha value is -1.96. The van der Waals surface area contributed by atoms with Gasteiger partial charge in [-0.05, 0) is 42.3 Å². The average molecular weight is 318 g/mol. The number of thioether (sulfide) groups is 1. The Kier molecular flexibility index (Phi) is 4.67. The molecule has 0 aromatic carbocycles. The first-order valence-electron chi connectivity index (χ1n) is 7.36. The van der Waals surface area contributed by atoms with E-state index in [1.807, 2.05) is 23.7 Å². The second-order valence-corrected chi connectivity index (χ2v) is 6.29. The molecule has 0 saturated heterocycles. The number of tetrazole rings is 1. The Labute approximate surface area is 132 Å². The van der Waals surface area contributed by atoms with Crippen LogP contribution in [0, 0.1) is 6.92 Å². The van der Waals surface area contributed by atoms with Gasteiger partial charge in [-0.25, -0.2) is 9.67 Å². The van der Waals surface area contributed by atoms with Crippen LogP contribution in [0.4, 0.5) is 5.82 Å². The Morgan fingerprint density at radius 1 is 1.41 bits per heavy atom. The molecule has 7 nitrogen and oxygen atoms in total. The highest BCUT2D eigenvalue weighted by molar-refractivity contribution is 7.99. The van der Waals surface area contributed by atoms with E-state index < -0.39 is 0 Å². The lowest BCUT2D eigenvalue weighted by molar-refractivity contribution is -0.113. The first-order valence-corrected chi connectivity index (χ1v) is 8.35. The maximum Gasteiger partial charge on any atom is 0.236 e. The maximum absolute atomic E-state index is 12.0. The number of nitrogens with one attached hydrogen (secondary N) is 1. The second kappa shape index (κ2) is 6.87. The van der Waals surface area contributed by atoms with Crippen molar-refractivity contribution in [3.05, 3.63) is 23.9 Å². The normalized spacial score (nSPS) is 15.1. The molecule has 0 atom stereocenters. The molecule has 1 aliphatic carbocycles. The first-order chi connectivity index (χ1) is 10.7. The smallest absolute Gasteiger partial charge is 0.236 e. The number of aromatic nitrogens is 5. The summed E-state index contributed by atoms with van der Waals surface area (Å²) in [4.78, 5) is 16.3. The lowest BCUT2D eigenvalue weighted by atomic mass is 10.3. The third-order valence-electron chi connectivity index (χ3n) is 3.62. The maximum atomic E-state index is 12.0. The molecule has 1 amide bonds. The van der Waals surface area contributed by atoms with E-state index in [0.717, 1.165) is 18.5 Å². The predicted octanol–water partition coefficient (Wildman–Crippen LogP) is 2.22. The Bertz CT molecular complexity index is 652. The van der Waals surface area contributed by atoms with Crippen molar-refractivity contribution >= 4 is 23.5 Å². The van der Waals surface area contributed by atoms with Gasteiger partial charge in [-0.3, -0.25) is 4.79 Å². The summed E-state index contributed by atoms with van der Waals surface area (Å²) in [7, 11) is 0. The van der Waals surface area contributed by atoms with Gasteiger partial charge in [0.05, 0.1) is 11.8 Å². The van der Waals surface area contributed by atoms with E-state index in [2.05, 4.69) is 25.8 Å².